The van der Waals surface area contributed by atoms with Gasteiger partial charge >= 0.3 is 0 Å². The largest absolute Gasteiger partial charge is 0.358 e. The van der Waals surface area contributed by atoms with Crippen molar-refractivity contribution < 1.29 is 5.73 Å². The Balaban J connectivity index is 2.33. The van der Waals surface area contributed by atoms with Crippen LogP contribution < -0.4 is 5.73 Å². The first-order chi connectivity index (χ1) is 7.79. The molecule has 2 heteroatoms. The minimum atomic E-state index is 0.873. The molecule has 4 N–H and O–H groups in total. The van der Waals surface area contributed by atoms with Crippen LogP contribution in [-0.4, -0.2) is 4.98 Å². The summed E-state index contributed by atoms with van der Waals surface area (Å²) in [5, 5.41) is 1.45. The van der Waals surface area contributed by atoms with Crippen LogP contribution in [0.1, 0.15) is 35.2 Å². The van der Waals surface area contributed by atoms with Crippen LogP contribution in [0.25, 0.3) is 10.9 Å². The third-order valence-corrected chi connectivity index (χ3v) is 3.70. The normalized spacial score (nSPS) is 15.4. The van der Waals surface area contributed by atoms with Gasteiger partial charge in [0, 0.05) is 16.6 Å². The zero-order chi connectivity index (χ0) is 11.1. The molecular weight excluding hydrogens is 196 g/mol. The average Bonchev–Trinajstić information content (AvgIpc) is 2.67. The van der Waals surface area contributed by atoms with Crippen LogP contribution >= 0.6 is 0 Å². The summed E-state index contributed by atoms with van der Waals surface area (Å²) in [5.41, 5.74) is 11.1. The van der Waals surface area contributed by atoms with Crippen molar-refractivity contribution in [1.82, 2.24) is 4.98 Å². The third-order valence-electron chi connectivity index (χ3n) is 3.70. The van der Waals surface area contributed by atoms with Gasteiger partial charge in [0.25, 0.3) is 0 Å². The summed E-state index contributed by atoms with van der Waals surface area (Å²) in [6.45, 7) is 3.05. The van der Waals surface area contributed by atoms with Crippen molar-refractivity contribution in [2.75, 3.05) is 0 Å². The summed E-state index contributed by atoms with van der Waals surface area (Å²) < 4.78 is 0. The molecule has 1 heterocycles. The summed E-state index contributed by atoms with van der Waals surface area (Å²) in [7, 11) is 0. The second-order valence-electron chi connectivity index (χ2n) is 4.89. The molecule has 1 aromatic carbocycles. The van der Waals surface area contributed by atoms with Gasteiger partial charge in [-0.05, 0) is 55.9 Å². The second kappa shape index (κ2) is 3.63. The molecule has 0 saturated heterocycles. The Bertz CT molecular complexity index is 537. The van der Waals surface area contributed by atoms with Crippen molar-refractivity contribution in [1.29, 1.82) is 0 Å². The van der Waals surface area contributed by atoms with Crippen molar-refractivity contribution in [3.63, 3.8) is 0 Å². The molecule has 2 aromatic rings. The summed E-state index contributed by atoms with van der Waals surface area (Å²) in [4.78, 5) is 3.62. The van der Waals surface area contributed by atoms with Gasteiger partial charge in [-0.2, -0.15) is 0 Å². The summed E-state index contributed by atoms with van der Waals surface area (Å²) in [6, 6.07) is 4.59. The van der Waals surface area contributed by atoms with Crippen molar-refractivity contribution in [3.8, 4) is 0 Å². The lowest BCUT2D eigenvalue weighted by atomic mass is 9.94. The maximum atomic E-state index is 4.03. The molecule has 0 unspecified atom stereocenters. The van der Waals surface area contributed by atoms with Crippen LogP contribution in [0.5, 0.6) is 0 Å². The van der Waals surface area contributed by atoms with E-state index in [1.807, 2.05) is 0 Å². The summed E-state index contributed by atoms with van der Waals surface area (Å²) >= 11 is 0. The molecule has 0 bridgehead atoms. The molecule has 2 nitrogen and oxygen atoms in total. The zero-order valence-corrected chi connectivity index (χ0v) is 9.90. The number of aryl methyl sites for hydroxylation is 3. The molecule has 1 aliphatic rings. The quantitative estimate of drug-likeness (QED) is 0.731. The lowest BCUT2D eigenvalue weighted by Crippen LogP contribution is -2.47. The molecule has 0 aliphatic heterocycles. The lowest BCUT2D eigenvalue weighted by molar-refractivity contribution is -0.386. The van der Waals surface area contributed by atoms with Crippen molar-refractivity contribution in [2.24, 2.45) is 0 Å². The van der Waals surface area contributed by atoms with E-state index in [4.69, 9.17) is 0 Å². The Morgan fingerprint density at radius 1 is 1.25 bits per heavy atom. The molecule has 0 atom stereocenters. The molecule has 0 saturated carbocycles. The Labute approximate surface area is 95.8 Å². The van der Waals surface area contributed by atoms with Gasteiger partial charge in [-0.15, -0.1) is 0 Å². The van der Waals surface area contributed by atoms with Crippen LogP contribution in [0.4, 0.5) is 0 Å². The van der Waals surface area contributed by atoms with Gasteiger partial charge in [0.15, 0.2) is 0 Å². The minimum absolute atomic E-state index is 0.873. The highest BCUT2D eigenvalue weighted by Gasteiger charge is 2.17. The van der Waals surface area contributed by atoms with E-state index in [2.05, 4.69) is 29.8 Å². The predicted octanol–water partition coefficient (Wildman–Crippen LogP) is 2.10. The van der Waals surface area contributed by atoms with Gasteiger partial charge in [0.2, 0.25) is 0 Å². The van der Waals surface area contributed by atoms with Crippen LogP contribution in [0.2, 0.25) is 0 Å². The lowest BCUT2D eigenvalue weighted by Gasteiger charge is -2.10. The topological polar surface area (TPSA) is 43.4 Å². The van der Waals surface area contributed by atoms with Crippen LogP contribution in [0.3, 0.4) is 0 Å². The van der Waals surface area contributed by atoms with Crippen LogP contribution in [-0.2, 0) is 19.4 Å². The van der Waals surface area contributed by atoms with E-state index in [9.17, 15) is 0 Å². The Morgan fingerprint density at radius 3 is 2.88 bits per heavy atom. The molecule has 1 aliphatic carbocycles. The molecule has 0 spiro atoms. The molecular formula is C14H19N2+. The molecule has 1 aromatic heterocycles. The smallest absolute Gasteiger partial charge is 0.102 e. The first kappa shape index (κ1) is 9.91. The number of fused-ring (bicyclic) bond motifs is 3. The van der Waals surface area contributed by atoms with Crippen molar-refractivity contribution in [2.45, 2.75) is 39.2 Å². The summed E-state index contributed by atoms with van der Waals surface area (Å²) in [6.07, 6.45) is 5.14. The molecule has 84 valence electrons. The highest BCUT2D eigenvalue weighted by Crippen LogP contribution is 2.31. The fraction of sp³-hybridized carbons (Fsp3) is 0.429. The number of aromatic amines is 1. The number of rotatable bonds is 1. The minimum Gasteiger partial charge on any atom is -0.358 e. The number of benzene rings is 1. The van der Waals surface area contributed by atoms with Gasteiger partial charge in [-0.25, -0.2) is 0 Å². The van der Waals surface area contributed by atoms with Gasteiger partial charge < -0.3 is 10.7 Å². The van der Waals surface area contributed by atoms with E-state index in [1.54, 1.807) is 5.56 Å². The Kier molecular flexibility index (Phi) is 2.25. The van der Waals surface area contributed by atoms with Crippen LogP contribution in [0.15, 0.2) is 12.1 Å². The first-order valence-corrected chi connectivity index (χ1v) is 6.22. The third kappa shape index (κ3) is 1.37. The zero-order valence-electron chi connectivity index (χ0n) is 9.90. The van der Waals surface area contributed by atoms with E-state index in [1.165, 1.54) is 53.4 Å². The van der Waals surface area contributed by atoms with Gasteiger partial charge in [0.1, 0.15) is 6.54 Å². The standard InChI is InChI=1S/C14H18N2/c1-9-6-10(8-15)14-12(7-9)11-4-2-3-5-13(11)16-14/h6-7,16H,2-5,8,15H2,1H3/p+1. The maximum absolute atomic E-state index is 4.03. The van der Waals surface area contributed by atoms with E-state index < -0.39 is 0 Å². The molecule has 0 fully saturated rings. The summed E-state index contributed by atoms with van der Waals surface area (Å²) in [5.74, 6) is 0. The number of H-pyrrole nitrogens is 1. The second-order valence-corrected chi connectivity index (χ2v) is 4.89. The van der Waals surface area contributed by atoms with E-state index in [0.29, 0.717) is 0 Å². The Hall–Kier alpha value is -1.28. The number of nitrogens with one attached hydrogen (secondary N) is 1. The van der Waals surface area contributed by atoms with E-state index in [-0.39, 0.29) is 0 Å². The van der Waals surface area contributed by atoms with E-state index in [0.717, 1.165) is 6.54 Å². The maximum Gasteiger partial charge on any atom is 0.102 e. The predicted molar refractivity (Wildman–Crippen MR) is 66.3 cm³/mol. The number of hydrogen-bond acceptors (Lipinski definition) is 0. The monoisotopic (exact) mass is 215 g/mol. The number of aromatic nitrogens is 1. The van der Waals surface area contributed by atoms with Gasteiger partial charge in [0.05, 0.1) is 5.52 Å². The average molecular weight is 215 g/mol. The molecule has 3 rings (SSSR count). The van der Waals surface area contributed by atoms with Gasteiger partial charge in [-0.1, -0.05) is 0 Å². The number of quaternary nitrogens is 1. The molecule has 0 radical (unpaired) electrons. The Morgan fingerprint density at radius 2 is 2.06 bits per heavy atom. The van der Waals surface area contributed by atoms with E-state index >= 15 is 0 Å². The van der Waals surface area contributed by atoms with Crippen LogP contribution in [0, 0.1) is 6.92 Å². The SMILES string of the molecule is Cc1cc(C[NH3+])c2[nH]c3c(c2c1)CCCC3. The van der Waals surface area contributed by atoms with Gasteiger partial charge in [-0.3, -0.25) is 0 Å². The molecule has 16 heavy (non-hydrogen) atoms. The first-order valence-electron chi connectivity index (χ1n) is 6.22. The highest BCUT2D eigenvalue weighted by atomic mass is 14.7. The highest BCUT2D eigenvalue weighted by molar-refractivity contribution is 5.88. The molecule has 0 amide bonds. The number of hydrogen-bond donors (Lipinski definition) is 2. The van der Waals surface area contributed by atoms with Crippen molar-refractivity contribution in [3.05, 3.63) is 34.5 Å². The fourth-order valence-electron chi connectivity index (χ4n) is 2.94. The van der Waals surface area contributed by atoms with Crippen molar-refractivity contribution >= 4 is 10.9 Å². The fourth-order valence-corrected chi connectivity index (χ4v) is 2.94.